The Morgan fingerprint density at radius 3 is 2.39 bits per heavy atom. The van der Waals surface area contributed by atoms with Crippen LogP contribution in [0.15, 0.2) is 24.3 Å². The van der Waals surface area contributed by atoms with Crippen molar-refractivity contribution in [3.8, 4) is 6.07 Å². The number of benzene rings is 1. The van der Waals surface area contributed by atoms with E-state index in [0.29, 0.717) is 11.3 Å². The zero-order chi connectivity index (χ0) is 13.1. The number of imide groups is 1. The van der Waals surface area contributed by atoms with Crippen LogP contribution in [-0.2, 0) is 9.59 Å². The number of piperidine rings is 1. The third-order valence-corrected chi connectivity index (χ3v) is 4.03. The third kappa shape index (κ3) is 1.19. The average Bonchev–Trinajstić information content (AvgIpc) is 2.79. The Bertz CT molecular complexity index is 588. The highest BCUT2D eigenvalue weighted by molar-refractivity contribution is 6.25. The Morgan fingerprint density at radius 1 is 1.22 bits per heavy atom. The summed E-state index contributed by atoms with van der Waals surface area (Å²) in [7, 11) is 0. The van der Waals surface area contributed by atoms with E-state index < -0.39 is 0 Å². The first kappa shape index (κ1) is 11.0. The molecule has 18 heavy (non-hydrogen) atoms. The van der Waals surface area contributed by atoms with Crippen molar-refractivity contribution in [1.82, 2.24) is 0 Å². The zero-order valence-electron chi connectivity index (χ0n) is 10.2. The molecule has 0 bridgehead atoms. The van der Waals surface area contributed by atoms with Gasteiger partial charge >= 0.3 is 0 Å². The van der Waals surface area contributed by atoms with Gasteiger partial charge in [-0.2, -0.15) is 5.26 Å². The maximum Gasteiger partial charge on any atom is 0.238 e. The smallest absolute Gasteiger partial charge is 0.238 e. The molecule has 1 aromatic carbocycles. The second kappa shape index (κ2) is 3.20. The van der Waals surface area contributed by atoms with Gasteiger partial charge in [-0.3, -0.25) is 9.59 Å². The lowest BCUT2D eigenvalue weighted by Crippen LogP contribution is -2.36. The van der Waals surface area contributed by atoms with Crippen molar-refractivity contribution in [3.05, 3.63) is 29.8 Å². The highest BCUT2D eigenvalue weighted by Gasteiger charge is 2.72. The molecule has 1 aliphatic carbocycles. The quantitative estimate of drug-likeness (QED) is 0.702. The number of amides is 2. The molecule has 1 saturated heterocycles. The summed E-state index contributed by atoms with van der Waals surface area (Å²) in [5.41, 5.74) is 0.761. The van der Waals surface area contributed by atoms with Gasteiger partial charge in [-0.25, -0.2) is 4.90 Å². The van der Waals surface area contributed by atoms with Gasteiger partial charge < -0.3 is 0 Å². The fourth-order valence-corrected chi connectivity index (χ4v) is 2.92. The summed E-state index contributed by atoms with van der Waals surface area (Å²) in [6, 6.07) is 8.61. The van der Waals surface area contributed by atoms with Gasteiger partial charge in [0.15, 0.2) is 0 Å². The van der Waals surface area contributed by atoms with Gasteiger partial charge in [-0.15, -0.1) is 0 Å². The molecule has 0 N–H and O–H groups in total. The summed E-state index contributed by atoms with van der Waals surface area (Å²) >= 11 is 0. The van der Waals surface area contributed by atoms with Crippen molar-refractivity contribution in [2.75, 3.05) is 4.90 Å². The van der Waals surface area contributed by atoms with Crippen molar-refractivity contribution >= 4 is 17.5 Å². The Labute approximate surface area is 105 Å². The molecule has 3 rings (SSSR count). The lowest BCUT2D eigenvalue weighted by molar-refractivity contribution is -0.125. The Kier molecular flexibility index (Phi) is 1.95. The number of nitriles is 1. The van der Waals surface area contributed by atoms with Gasteiger partial charge in [0.2, 0.25) is 11.8 Å². The van der Waals surface area contributed by atoms with E-state index in [1.807, 2.05) is 19.9 Å². The molecule has 1 aliphatic heterocycles. The van der Waals surface area contributed by atoms with E-state index >= 15 is 0 Å². The van der Waals surface area contributed by atoms with Gasteiger partial charge in [0.05, 0.1) is 29.2 Å². The fraction of sp³-hybridized carbons (Fsp3) is 0.357. The highest BCUT2D eigenvalue weighted by Crippen LogP contribution is 2.63. The first-order valence-corrected chi connectivity index (χ1v) is 5.86. The van der Waals surface area contributed by atoms with Crippen LogP contribution in [0.25, 0.3) is 0 Å². The van der Waals surface area contributed by atoms with Crippen LogP contribution >= 0.6 is 0 Å². The first-order chi connectivity index (χ1) is 8.48. The van der Waals surface area contributed by atoms with Crippen LogP contribution in [0.2, 0.25) is 0 Å². The number of rotatable bonds is 1. The normalized spacial score (nSPS) is 27.9. The number of nitrogens with zero attached hydrogens (tertiary/aromatic N) is 2. The van der Waals surface area contributed by atoms with E-state index in [0.717, 1.165) is 0 Å². The molecule has 0 aromatic heterocycles. The molecule has 90 valence electrons. The van der Waals surface area contributed by atoms with Crippen molar-refractivity contribution in [2.24, 2.45) is 17.3 Å². The summed E-state index contributed by atoms with van der Waals surface area (Å²) in [6.45, 7) is 3.89. The molecule has 1 heterocycles. The largest absolute Gasteiger partial charge is 0.274 e. The Hall–Kier alpha value is -2.15. The van der Waals surface area contributed by atoms with Crippen molar-refractivity contribution in [3.63, 3.8) is 0 Å². The second-order valence-electron chi connectivity index (χ2n) is 5.45. The number of anilines is 1. The van der Waals surface area contributed by atoms with Gasteiger partial charge in [-0.1, -0.05) is 19.9 Å². The van der Waals surface area contributed by atoms with Gasteiger partial charge in [0.25, 0.3) is 0 Å². The van der Waals surface area contributed by atoms with Crippen LogP contribution in [0.1, 0.15) is 19.4 Å². The first-order valence-electron chi connectivity index (χ1n) is 5.86. The number of hydrogen-bond acceptors (Lipinski definition) is 3. The van der Waals surface area contributed by atoms with Crippen LogP contribution < -0.4 is 4.90 Å². The molecular weight excluding hydrogens is 228 g/mol. The number of carbonyl (C=O) groups excluding carboxylic acids is 2. The lowest BCUT2D eigenvalue weighted by Gasteiger charge is -2.20. The molecule has 2 fully saturated rings. The molecule has 4 nitrogen and oxygen atoms in total. The summed E-state index contributed by atoms with van der Waals surface area (Å²) in [6.07, 6.45) is 0. The number of fused-ring (bicyclic) bond motifs is 1. The van der Waals surface area contributed by atoms with Crippen molar-refractivity contribution in [2.45, 2.75) is 13.8 Å². The van der Waals surface area contributed by atoms with Crippen LogP contribution in [0.3, 0.4) is 0 Å². The monoisotopic (exact) mass is 240 g/mol. The molecule has 1 saturated carbocycles. The molecule has 4 heteroatoms. The van der Waals surface area contributed by atoms with E-state index in [1.165, 1.54) is 4.90 Å². The van der Waals surface area contributed by atoms with Crippen LogP contribution in [0, 0.1) is 28.6 Å². The van der Waals surface area contributed by atoms with Crippen LogP contribution in [0.5, 0.6) is 0 Å². The van der Waals surface area contributed by atoms with Crippen LogP contribution in [0.4, 0.5) is 5.69 Å². The topological polar surface area (TPSA) is 61.2 Å². The molecular formula is C14H12N2O2. The lowest BCUT2D eigenvalue weighted by atomic mass is 10.0. The minimum absolute atomic E-state index is 0.134. The third-order valence-electron chi connectivity index (χ3n) is 4.03. The van der Waals surface area contributed by atoms with Gasteiger partial charge in [0.1, 0.15) is 0 Å². The van der Waals surface area contributed by atoms with Gasteiger partial charge in [0, 0.05) is 0 Å². The molecule has 0 radical (unpaired) electrons. The molecule has 2 aliphatic rings. The van der Waals surface area contributed by atoms with E-state index in [9.17, 15) is 9.59 Å². The fourth-order valence-electron chi connectivity index (χ4n) is 2.92. The maximum absolute atomic E-state index is 12.2. The SMILES string of the molecule is CC1(C)C2C(=O)N(c3cccc(C#N)c3)C(=O)C21. The van der Waals surface area contributed by atoms with E-state index in [4.69, 9.17) is 5.26 Å². The van der Waals surface area contributed by atoms with Gasteiger partial charge in [-0.05, 0) is 23.6 Å². The molecule has 1 aromatic rings. The standard InChI is InChI=1S/C14H12N2O2/c1-14(2)10-11(14)13(18)16(12(10)17)9-5-3-4-8(6-9)7-15/h3-6,10-11H,1-2H3. The van der Waals surface area contributed by atoms with E-state index in [-0.39, 0.29) is 29.1 Å². The van der Waals surface area contributed by atoms with E-state index in [1.54, 1.807) is 24.3 Å². The average molecular weight is 240 g/mol. The summed E-state index contributed by atoms with van der Waals surface area (Å²) in [4.78, 5) is 25.6. The Morgan fingerprint density at radius 2 is 1.83 bits per heavy atom. The zero-order valence-corrected chi connectivity index (χ0v) is 10.2. The minimum atomic E-state index is -0.197. The second-order valence-corrected chi connectivity index (χ2v) is 5.45. The molecule has 2 unspecified atom stereocenters. The van der Waals surface area contributed by atoms with Crippen molar-refractivity contribution < 1.29 is 9.59 Å². The number of hydrogen-bond donors (Lipinski definition) is 0. The summed E-state index contributed by atoms with van der Waals surface area (Å²) in [5, 5.41) is 8.84. The maximum atomic E-state index is 12.2. The van der Waals surface area contributed by atoms with Crippen molar-refractivity contribution in [1.29, 1.82) is 5.26 Å². The molecule has 2 amide bonds. The predicted octanol–water partition coefficient (Wildman–Crippen LogP) is 1.70. The predicted molar refractivity (Wildman–Crippen MR) is 64.4 cm³/mol. The number of carbonyl (C=O) groups is 2. The minimum Gasteiger partial charge on any atom is -0.274 e. The molecule has 2 atom stereocenters. The Balaban J connectivity index is 1.99. The summed E-state index contributed by atoms with van der Waals surface area (Å²) < 4.78 is 0. The summed E-state index contributed by atoms with van der Waals surface area (Å²) in [5.74, 6) is -0.637. The van der Waals surface area contributed by atoms with Crippen LogP contribution in [-0.4, -0.2) is 11.8 Å². The molecule has 0 spiro atoms. The van der Waals surface area contributed by atoms with E-state index in [2.05, 4.69) is 0 Å². The highest BCUT2D eigenvalue weighted by atomic mass is 16.2.